The Hall–Kier alpha value is -6.52. The smallest absolute Gasteiger partial charge is 0.340 e. The monoisotopic (exact) mass is 942 g/mol. The number of fused-ring (bicyclic) bond motifs is 6. The number of carbonyl (C=O) groups excluding carboxylic acids is 2. The molecule has 0 amide bonds. The quantitative estimate of drug-likeness (QED) is 0.0840. The normalized spacial score (nSPS) is 24.0. The summed E-state index contributed by atoms with van der Waals surface area (Å²) < 4.78 is 23.3. The standard InChI is InChI=1S/2C27H29N5O3/c2*1-14-27(9-10-27)23-17(25(33)34-14)7-8-21(32-23)31-22-11-18-19(12-29-22)24(35-16-5-6-16)30-13-20(18)26(2,28)15-3-4-15/h2*7-8,11-16H,3-6,9-10,28H2,1-2H3,(H,29,31,32)/t14-,26+;14-,26-/m01/s1. The van der Waals surface area contributed by atoms with Crippen molar-refractivity contribution in [1.29, 1.82) is 0 Å². The van der Waals surface area contributed by atoms with Crippen molar-refractivity contribution in [2.75, 3.05) is 10.6 Å². The highest BCUT2D eigenvalue weighted by Gasteiger charge is 2.58. The Bertz CT molecular complexity index is 2960. The molecule has 6 aromatic rings. The van der Waals surface area contributed by atoms with Crippen LogP contribution in [0.2, 0.25) is 0 Å². The molecule has 16 nitrogen and oxygen atoms in total. The van der Waals surface area contributed by atoms with Crippen LogP contribution in [0.25, 0.3) is 21.5 Å². The Kier molecular flexibility index (Phi) is 9.62. The second-order valence-corrected chi connectivity index (χ2v) is 21.8. The molecule has 6 fully saturated rings. The first-order valence-corrected chi connectivity index (χ1v) is 25.2. The van der Waals surface area contributed by atoms with Crippen LogP contribution in [-0.2, 0) is 31.4 Å². The lowest BCUT2D eigenvalue weighted by atomic mass is 9.86. The number of hydrogen-bond donors (Lipinski definition) is 4. The Morgan fingerprint density at radius 3 is 1.31 bits per heavy atom. The molecule has 2 aliphatic heterocycles. The molecule has 8 heterocycles. The first-order chi connectivity index (χ1) is 33.7. The molecule has 0 unspecified atom stereocenters. The molecule has 360 valence electrons. The zero-order valence-corrected chi connectivity index (χ0v) is 40.0. The van der Waals surface area contributed by atoms with E-state index in [0.717, 1.165) is 121 Å². The number of ether oxygens (including phenoxy) is 4. The van der Waals surface area contributed by atoms with E-state index in [0.29, 0.717) is 58.0 Å². The second kappa shape index (κ2) is 15.5. The van der Waals surface area contributed by atoms with Crippen molar-refractivity contribution >= 4 is 56.8 Å². The summed E-state index contributed by atoms with van der Waals surface area (Å²) in [5, 5.41) is 10.5. The van der Waals surface area contributed by atoms with Crippen LogP contribution in [0.4, 0.5) is 23.3 Å². The topological polar surface area (TPSA) is 224 Å². The zero-order chi connectivity index (χ0) is 47.9. The van der Waals surface area contributed by atoms with Crippen molar-refractivity contribution in [3.05, 3.63) is 94.8 Å². The van der Waals surface area contributed by atoms with E-state index in [1.165, 1.54) is 0 Å². The van der Waals surface area contributed by atoms with Crippen molar-refractivity contribution in [3.63, 3.8) is 0 Å². The summed E-state index contributed by atoms with van der Waals surface area (Å²) in [5.41, 5.74) is 17.2. The fourth-order valence-electron chi connectivity index (χ4n) is 10.9. The van der Waals surface area contributed by atoms with E-state index in [-0.39, 0.29) is 47.2 Å². The van der Waals surface area contributed by atoms with Crippen LogP contribution in [0, 0.1) is 11.8 Å². The average Bonchev–Trinajstić information content (AvgIpc) is 4.11. The second-order valence-electron chi connectivity index (χ2n) is 21.8. The lowest BCUT2D eigenvalue weighted by molar-refractivity contribution is 0.0175. The number of carbonyl (C=O) groups is 2. The predicted octanol–water partition coefficient (Wildman–Crippen LogP) is 8.97. The molecular weight excluding hydrogens is 885 g/mol. The number of nitrogens with one attached hydrogen (secondary N) is 2. The molecule has 0 bridgehead atoms. The molecule has 8 aliphatic rings. The molecule has 70 heavy (non-hydrogen) atoms. The van der Waals surface area contributed by atoms with Gasteiger partial charge in [-0.3, -0.25) is 0 Å². The minimum absolute atomic E-state index is 0.155. The summed E-state index contributed by atoms with van der Waals surface area (Å²) in [6, 6.07) is 11.3. The van der Waals surface area contributed by atoms with E-state index in [4.69, 9.17) is 40.4 Å². The van der Waals surface area contributed by atoms with Crippen LogP contribution in [-0.4, -0.2) is 66.3 Å². The van der Waals surface area contributed by atoms with Crippen LogP contribution in [0.1, 0.15) is 148 Å². The van der Waals surface area contributed by atoms with Crippen LogP contribution >= 0.6 is 0 Å². The maximum atomic E-state index is 12.4. The van der Waals surface area contributed by atoms with Gasteiger partial charge in [0.2, 0.25) is 11.8 Å². The maximum absolute atomic E-state index is 12.4. The fourth-order valence-corrected chi connectivity index (χ4v) is 10.9. The van der Waals surface area contributed by atoms with E-state index < -0.39 is 11.1 Å². The largest absolute Gasteiger partial charge is 0.474 e. The molecule has 0 saturated heterocycles. The molecule has 6 N–H and O–H groups in total. The van der Waals surface area contributed by atoms with Crippen LogP contribution in [0.5, 0.6) is 11.8 Å². The fraction of sp³-hybridized carbons (Fsp3) is 0.481. The highest BCUT2D eigenvalue weighted by Crippen LogP contribution is 2.56. The third kappa shape index (κ3) is 7.47. The minimum Gasteiger partial charge on any atom is -0.474 e. The van der Waals surface area contributed by atoms with Gasteiger partial charge in [0.15, 0.2) is 0 Å². The van der Waals surface area contributed by atoms with Crippen molar-refractivity contribution in [1.82, 2.24) is 29.9 Å². The maximum Gasteiger partial charge on any atom is 0.340 e. The van der Waals surface area contributed by atoms with Crippen LogP contribution < -0.4 is 31.6 Å². The highest BCUT2D eigenvalue weighted by molar-refractivity contribution is 5.95. The van der Waals surface area contributed by atoms with Gasteiger partial charge in [-0.15, -0.1) is 0 Å². The molecular formula is C54H58N10O6. The molecule has 6 saturated carbocycles. The van der Waals surface area contributed by atoms with E-state index in [9.17, 15) is 9.59 Å². The lowest BCUT2D eigenvalue weighted by Gasteiger charge is -2.30. The third-order valence-corrected chi connectivity index (χ3v) is 16.5. The van der Waals surface area contributed by atoms with Crippen LogP contribution in [0.15, 0.2) is 61.2 Å². The molecule has 6 aromatic heterocycles. The number of cyclic esters (lactones) is 2. The van der Waals surface area contributed by atoms with Gasteiger partial charge in [0.05, 0.1) is 44.1 Å². The first-order valence-electron chi connectivity index (χ1n) is 25.2. The van der Waals surface area contributed by atoms with Crippen molar-refractivity contribution in [2.24, 2.45) is 23.3 Å². The molecule has 2 spiro atoms. The Morgan fingerprint density at radius 1 is 0.557 bits per heavy atom. The number of aromatic nitrogens is 6. The number of nitrogens with zero attached hydrogens (tertiary/aromatic N) is 6. The number of pyridine rings is 6. The van der Waals surface area contributed by atoms with Gasteiger partial charge in [0, 0.05) is 35.9 Å². The summed E-state index contributed by atoms with van der Waals surface area (Å²) in [7, 11) is 0. The SMILES string of the molecule is C[C@@H]1OC(=O)c2ccc(Nc3cc4c([C@](C)(N)C5CC5)cnc(OC5CC5)c4cn3)nc2C12CC2.C[C@H]1OC(=O)c2ccc(Nc3cc4c([C@](C)(N)C5CC5)cnc(OC5CC5)c4cn3)nc2C12CC2. The van der Waals surface area contributed by atoms with E-state index in [1.807, 2.05) is 62.9 Å². The van der Waals surface area contributed by atoms with E-state index in [1.54, 1.807) is 12.1 Å². The molecule has 0 radical (unpaired) electrons. The van der Waals surface area contributed by atoms with Gasteiger partial charge >= 0.3 is 11.9 Å². The zero-order valence-electron chi connectivity index (χ0n) is 40.0. The van der Waals surface area contributed by atoms with Gasteiger partial charge in [0.25, 0.3) is 0 Å². The molecule has 0 aromatic carbocycles. The van der Waals surface area contributed by atoms with Gasteiger partial charge in [-0.2, -0.15) is 0 Å². The lowest BCUT2D eigenvalue weighted by Crippen LogP contribution is -2.36. The molecule has 16 heteroatoms. The van der Waals surface area contributed by atoms with Crippen molar-refractivity contribution in [3.8, 4) is 11.8 Å². The van der Waals surface area contributed by atoms with E-state index >= 15 is 0 Å². The minimum atomic E-state index is -0.471. The van der Waals surface area contributed by atoms with Crippen LogP contribution in [0.3, 0.4) is 0 Å². The Balaban J connectivity index is 0.000000137. The summed E-state index contributed by atoms with van der Waals surface area (Å²) in [5.74, 6) is 4.19. The number of esters is 2. The molecule has 6 aliphatic carbocycles. The number of nitrogens with two attached hydrogens (primary N) is 2. The first kappa shape index (κ1) is 43.5. The highest BCUT2D eigenvalue weighted by atomic mass is 16.6. The number of hydrogen-bond acceptors (Lipinski definition) is 16. The van der Waals surface area contributed by atoms with Gasteiger partial charge in [0.1, 0.15) is 47.7 Å². The summed E-state index contributed by atoms with van der Waals surface area (Å²) >= 11 is 0. The molecule has 14 rings (SSSR count). The van der Waals surface area contributed by atoms with Gasteiger partial charge < -0.3 is 41.0 Å². The number of rotatable bonds is 12. The van der Waals surface area contributed by atoms with Gasteiger partial charge in [-0.25, -0.2) is 39.5 Å². The summed E-state index contributed by atoms with van der Waals surface area (Å²) in [6.07, 6.45) is 20.3. The average molecular weight is 943 g/mol. The van der Waals surface area contributed by atoms with Gasteiger partial charge in [-0.1, -0.05) is 0 Å². The molecule has 4 atom stereocenters. The van der Waals surface area contributed by atoms with Crippen molar-refractivity contribution < 1.29 is 28.5 Å². The Morgan fingerprint density at radius 2 is 0.957 bits per heavy atom. The third-order valence-electron chi connectivity index (χ3n) is 16.5. The van der Waals surface area contributed by atoms with E-state index in [2.05, 4.69) is 44.4 Å². The Labute approximate surface area is 405 Å². The predicted molar refractivity (Wildman–Crippen MR) is 262 cm³/mol. The number of anilines is 4. The van der Waals surface area contributed by atoms with Gasteiger partial charge in [-0.05, 0) is 175 Å². The van der Waals surface area contributed by atoms with Crippen molar-refractivity contribution in [2.45, 2.75) is 151 Å². The summed E-state index contributed by atoms with van der Waals surface area (Å²) in [4.78, 5) is 53.2. The summed E-state index contributed by atoms with van der Waals surface area (Å²) in [6.45, 7) is 8.11.